The maximum atomic E-state index is 8.79. The fourth-order valence-electron chi connectivity index (χ4n) is 2.30. The number of rotatable bonds is 6. The van der Waals surface area contributed by atoms with E-state index in [0.717, 1.165) is 18.2 Å². The summed E-state index contributed by atoms with van der Waals surface area (Å²) >= 11 is 0. The van der Waals surface area contributed by atoms with E-state index in [4.69, 9.17) is 5.26 Å². The van der Waals surface area contributed by atoms with Gasteiger partial charge in [-0.15, -0.1) is 0 Å². The van der Waals surface area contributed by atoms with Crippen molar-refractivity contribution in [2.75, 3.05) is 13.6 Å². The lowest BCUT2D eigenvalue weighted by molar-refractivity contribution is 0.237. The Morgan fingerprint density at radius 2 is 1.95 bits per heavy atom. The van der Waals surface area contributed by atoms with E-state index < -0.39 is 0 Å². The van der Waals surface area contributed by atoms with Gasteiger partial charge >= 0.3 is 0 Å². The molecule has 0 saturated heterocycles. The molecule has 102 valence electrons. The van der Waals surface area contributed by atoms with Gasteiger partial charge in [0.2, 0.25) is 0 Å². The lowest BCUT2D eigenvalue weighted by Gasteiger charge is -2.26. The zero-order valence-electron chi connectivity index (χ0n) is 12.1. The molecule has 1 aliphatic rings. The maximum Gasteiger partial charge on any atom is 0.0991 e. The third kappa shape index (κ3) is 3.79. The molecule has 0 aromatic heterocycles. The quantitative estimate of drug-likeness (QED) is 0.851. The van der Waals surface area contributed by atoms with Crippen LogP contribution in [0.4, 0.5) is 0 Å². The third-order valence-corrected chi connectivity index (χ3v) is 4.08. The summed E-state index contributed by atoms with van der Waals surface area (Å²) in [6.07, 6.45) is 2.71. The molecule has 0 spiro atoms. The van der Waals surface area contributed by atoms with Gasteiger partial charge in [0.1, 0.15) is 0 Å². The van der Waals surface area contributed by atoms with E-state index in [1.807, 2.05) is 24.3 Å². The van der Waals surface area contributed by atoms with Crippen molar-refractivity contribution in [3.05, 3.63) is 35.4 Å². The number of nitrogens with zero attached hydrogens (tertiary/aromatic N) is 2. The summed E-state index contributed by atoms with van der Waals surface area (Å²) in [4.78, 5) is 2.47. The molecule has 3 heteroatoms. The fraction of sp³-hybridized carbons (Fsp3) is 0.562. The van der Waals surface area contributed by atoms with Gasteiger partial charge in [0, 0.05) is 24.7 Å². The highest BCUT2D eigenvalue weighted by Crippen LogP contribution is 2.26. The van der Waals surface area contributed by atoms with Crippen molar-refractivity contribution in [3.63, 3.8) is 0 Å². The van der Waals surface area contributed by atoms with Gasteiger partial charge in [0.25, 0.3) is 0 Å². The second kappa shape index (κ2) is 6.18. The van der Waals surface area contributed by atoms with E-state index in [1.165, 1.54) is 18.4 Å². The van der Waals surface area contributed by atoms with Crippen molar-refractivity contribution in [2.24, 2.45) is 0 Å². The molecule has 1 N–H and O–H groups in total. The van der Waals surface area contributed by atoms with Gasteiger partial charge in [-0.3, -0.25) is 4.90 Å². The Hall–Kier alpha value is -1.37. The second-order valence-electron chi connectivity index (χ2n) is 5.61. The summed E-state index contributed by atoms with van der Waals surface area (Å²) in [5, 5.41) is 12.4. The molecule has 2 atom stereocenters. The van der Waals surface area contributed by atoms with Crippen LogP contribution in [0.1, 0.15) is 43.9 Å². The van der Waals surface area contributed by atoms with Crippen LogP contribution in [0.25, 0.3) is 0 Å². The average Bonchev–Trinajstić information content (AvgIpc) is 3.28. The second-order valence-corrected chi connectivity index (χ2v) is 5.61. The largest absolute Gasteiger partial charge is 0.309 e. The van der Waals surface area contributed by atoms with Crippen molar-refractivity contribution in [2.45, 2.75) is 44.8 Å². The standard InChI is InChI=1S/C16H23N3/c1-12(19(3)16-8-9-16)11-18-13(2)15-6-4-14(10-17)5-7-15/h4-7,12-13,16,18H,8-9,11H2,1-3H3. The molecule has 2 rings (SSSR count). The minimum atomic E-state index is 0.322. The number of nitrogens with one attached hydrogen (secondary N) is 1. The van der Waals surface area contributed by atoms with Crippen LogP contribution in [-0.2, 0) is 0 Å². The molecule has 1 fully saturated rings. The van der Waals surface area contributed by atoms with Gasteiger partial charge in [0.15, 0.2) is 0 Å². The number of nitriles is 1. The van der Waals surface area contributed by atoms with E-state index >= 15 is 0 Å². The van der Waals surface area contributed by atoms with E-state index in [-0.39, 0.29) is 0 Å². The Kier molecular flexibility index (Phi) is 4.57. The molecule has 0 amide bonds. The fourth-order valence-corrected chi connectivity index (χ4v) is 2.30. The molecule has 3 nitrogen and oxygen atoms in total. The lowest BCUT2D eigenvalue weighted by Crippen LogP contribution is -2.39. The van der Waals surface area contributed by atoms with Gasteiger partial charge < -0.3 is 5.32 Å². The molecule has 0 aliphatic heterocycles. The van der Waals surface area contributed by atoms with Crippen LogP contribution in [-0.4, -0.2) is 30.6 Å². The van der Waals surface area contributed by atoms with Crippen LogP contribution in [0.3, 0.4) is 0 Å². The average molecular weight is 257 g/mol. The summed E-state index contributed by atoms with van der Waals surface area (Å²) in [5.41, 5.74) is 1.96. The van der Waals surface area contributed by atoms with Crippen LogP contribution in [0.15, 0.2) is 24.3 Å². The van der Waals surface area contributed by atoms with Gasteiger partial charge in [-0.1, -0.05) is 12.1 Å². The summed E-state index contributed by atoms with van der Waals surface area (Å²) in [5.74, 6) is 0. The molecule has 1 aliphatic carbocycles. The SMILES string of the molecule is CC(NCC(C)N(C)C1CC1)c1ccc(C#N)cc1. The Labute approximate surface area is 116 Å². The van der Waals surface area contributed by atoms with Crippen LogP contribution < -0.4 is 5.32 Å². The Morgan fingerprint density at radius 1 is 1.32 bits per heavy atom. The first-order chi connectivity index (χ1) is 9.11. The monoisotopic (exact) mass is 257 g/mol. The Bertz CT molecular complexity index is 442. The first-order valence-electron chi connectivity index (χ1n) is 7.07. The predicted molar refractivity (Wildman–Crippen MR) is 77.8 cm³/mol. The highest BCUT2D eigenvalue weighted by Gasteiger charge is 2.28. The van der Waals surface area contributed by atoms with Crippen LogP contribution in [0.2, 0.25) is 0 Å². The molecule has 1 saturated carbocycles. The predicted octanol–water partition coefficient (Wildman–Crippen LogP) is 2.69. The van der Waals surface area contributed by atoms with Crippen molar-refractivity contribution in [1.82, 2.24) is 10.2 Å². The summed E-state index contributed by atoms with van der Waals surface area (Å²) in [7, 11) is 2.22. The summed E-state index contributed by atoms with van der Waals surface area (Å²) in [6.45, 7) is 5.44. The first kappa shape index (κ1) is 14.0. The summed E-state index contributed by atoms with van der Waals surface area (Å²) in [6, 6.07) is 11.7. The van der Waals surface area contributed by atoms with Crippen molar-refractivity contribution < 1.29 is 0 Å². The highest BCUT2D eigenvalue weighted by atomic mass is 15.2. The molecule has 1 aromatic rings. The summed E-state index contributed by atoms with van der Waals surface area (Å²) < 4.78 is 0. The highest BCUT2D eigenvalue weighted by molar-refractivity contribution is 5.32. The molecule has 0 heterocycles. The number of benzene rings is 1. The van der Waals surface area contributed by atoms with E-state index in [9.17, 15) is 0 Å². The maximum absolute atomic E-state index is 8.79. The molecule has 2 unspecified atom stereocenters. The Morgan fingerprint density at radius 3 is 2.47 bits per heavy atom. The molecular formula is C16H23N3. The van der Waals surface area contributed by atoms with E-state index in [1.54, 1.807) is 0 Å². The van der Waals surface area contributed by atoms with Crippen molar-refractivity contribution >= 4 is 0 Å². The molecular weight excluding hydrogens is 234 g/mol. The number of hydrogen-bond acceptors (Lipinski definition) is 3. The van der Waals surface area contributed by atoms with E-state index in [2.05, 4.69) is 37.2 Å². The van der Waals surface area contributed by atoms with Gasteiger partial charge in [0.05, 0.1) is 11.6 Å². The van der Waals surface area contributed by atoms with Crippen molar-refractivity contribution in [1.29, 1.82) is 5.26 Å². The first-order valence-corrected chi connectivity index (χ1v) is 7.07. The zero-order valence-corrected chi connectivity index (χ0v) is 12.1. The normalized spacial score (nSPS) is 18.1. The molecule has 0 radical (unpaired) electrons. The van der Waals surface area contributed by atoms with Gasteiger partial charge in [-0.2, -0.15) is 5.26 Å². The molecule has 19 heavy (non-hydrogen) atoms. The smallest absolute Gasteiger partial charge is 0.0991 e. The minimum Gasteiger partial charge on any atom is -0.309 e. The number of hydrogen-bond donors (Lipinski definition) is 1. The zero-order chi connectivity index (χ0) is 13.8. The minimum absolute atomic E-state index is 0.322. The molecule has 0 bridgehead atoms. The van der Waals surface area contributed by atoms with Gasteiger partial charge in [-0.25, -0.2) is 0 Å². The lowest BCUT2D eigenvalue weighted by atomic mass is 10.1. The third-order valence-electron chi connectivity index (χ3n) is 4.08. The topological polar surface area (TPSA) is 39.1 Å². The van der Waals surface area contributed by atoms with Crippen LogP contribution in [0.5, 0.6) is 0 Å². The van der Waals surface area contributed by atoms with Crippen molar-refractivity contribution in [3.8, 4) is 6.07 Å². The van der Waals surface area contributed by atoms with Crippen LogP contribution >= 0.6 is 0 Å². The Balaban J connectivity index is 1.82. The number of likely N-dealkylation sites (N-methyl/N-ethyl adjacent to an activating group) is 1. The van der Waals surface area contributed by atoms with E-state index in [0.29, 0.717) is 12.1 Å². The molecule has 1 aromatic carbocycles. The van der Waals surface area contributed by atoms with Crippen LogP contribution in [0, 0.1) is 11.3 Å². The van der Waals surface area contributed by atoms with Gasteiger partial charge in [-0.05, 0) is 51.4 Å².